The van der Waals surface area contributed by atoms with Crippen molar-refractivity contribution in [2.75, 3.05) is 44.2 Å². The fourth-order valence-corrected chi connectivity index (χ4v) is 6.20. The van der Waals surface area contributed by atoms with Gasteiger partial charge in [-0.2, -0.15) is 0 Å². The number of rotatable bonds is 6. The van der Waals surface area contributed by atoms with Gasteiger partial charge in [0.25, 0.3) is 0 Å². The first-order valence-electron chi connectivity index (χ1n) is 11.5. The molecule has 2 bridgehead atoms. The van der Waals surface area contributed by atoms with Crippen LogP contribution in [0.1, 0.15) is 38.5 Å². The van der Waals surface area contributed by atoms with Crippen molar-refractivity contribution < 1.29 is 9.59 Å². The SMILES string of the molecule is O=C1C2C3CCC(CC3)C2C(=O)N1CCCCN1CCN(c2ccccn2)CC1. The zero-order valence-corrected chi connectivity index (χ0v) is 17.2. The molecule has 0 radical (unpaired) electrons. The van der Waals surface area contributed by atoms with Gasteiger partial charge in [0.05, 0.1) is 11.8 Å². The highest BCUT2D eigenvalue weighted by Gasteiger charge is 2.57. The van der Waals surface area contributed by atoms with Gasteiger partial charge in [0, 0.05) is 38.9 Å². The predicted octanol–water partition coefficient (Wildman–Crippen LogP) is 2.41. The third kappa shape index (κ3) is 3.56. The first kappa shape index (κ1) is 19.0. The van der Waals surface area contributed by atoms with Gasteiger partial charge >= 0.3 is 0 Å². The van der Waals surface area contributed by atoms with Crippen LogP contribution in [0.2, 0.25) is 0 Å². The number of fused-ring (bicyclic) bond motifs is 2. The summed E-state index contributed by atoms with van der Waals surface area (Å²) in [5.74, 6) is 2.36. The Bertz CT molecular complexity index is 709. The third-order valence-electron chi connectivity index (χ3n) is 7.77. The number of carbonyl (C=O) groups excluding carboxylic acids is 2. The van der Waals surface area contributed by atoms with Crippen molar-refractivity contribution in [1.29, 1.82) is 0 Å². The summed E-state index contributed by atoms with van der Waals surface area (Å²) < 4.78 is 0. The summed E-state index contributed by atoms with van der Waals surface area (Å²) >= 11 is 0. The Labute approximate surface area is 173 Å². The standard InChI is InChI=1S/C23H32N4O2/c28-22-20-17-6-7-18(9-8-17)21(20)23(29)27(22)12-4-3-11-25-13-15-26(16-14-25)19-5-1-2-10-24-19/h1-2,5,10,17-18,20-21H,3-4,6-9,11-16H2. The van der Waals surface area contributed by atoms with Crippen molar-refractivity contribution in [3.8, 4) is 0 Å². The lowest BCUT2D eigenvalue weighted by atomic mass is 9.59. The van der Waals surface area contributed by atoms with Gasteiger partial charge in [-0.15, -0.1) is 0 Å². The normalized spacial score (nSPS) is 32.1. The van der Waals surface area contributed by atoms with Crippen molar-refractivity contribution in [2.24, 2.45) is 23.7 Å². The van der Waals surface area contributed by atoms with Crippen LogP contribution in [-0.2, 0) is 9.59 Å². The number of imide groups is 1. The maximum Gasteiger partial charge on any atom is 0.233 e. The summed E-state index contributed by atoms with van der Waals surface area (Å²) in [5, 5.41) is 0. The maximum atomic E-state index is 12.9. The largest absolute Gasteiger partial charge is 0.354 e. The minimum Gasteiger partial charge on any atom is -0.354 e. The van der Waals surface area contributed by atoms with Gasteiger partial charge in [0.15, 0.2) is 0 Å². The minimum absolute atomic E-state index is 0.0228. The molecule has 1 aromatic rings. The van der Waals surface area contributed by atoms with E-state index in [1.54, 1.807) is 4.90 Å². The van der Waals surface area contributed by atoms with Crippen LogP contribution in [0.5, 0.6) is 0 Å². The second-order valence-corrected chi connectivity index (χ2v) is 9.28. The first-order chi connectivity index (χ1) is 14.2. The number of amides is 2. The van der Waals surface area contributed by atoms with E-state index in [4.69, 9.17) is 0 Å². The van der Waals surface area contributed by atoms with Crippen LogP contribution in [0.25, 0.3) is 0 Å². The summed E-state index contributed by atoms with van der Waals surface area (Å²) in [6, 6.07) is 6.07. The molecule has 2 amide bonds. The van der Waals surface area contributed by atoms with Crippen molar-refractivity contribution in [2.45, 2.75) is 38.5 Å². The lowest BCUT2D eigenvalue weighted by Crippen LogP contribution is -2.47. The van der Waals surface area contributed by atoms with E-state index in [2.05, 4.69) is 20.9 Å². The zero-order chi connectivity index (χ0) is 19.8. The molecule has 2 atom stereocenters. The van der Waals surface area contributed by atoms with Crippen LogP contribution >= 0.6 is 0 Å². The van der Waals surface area contributed by atoms with Crippen molar-refractivity contribution in [3.63, 3.8) is 0 Å². The molecule has 3 aliphatic carbocycles. The van der Waals surface area contributed by atoms with Crippen LogP contribution in [0.3, 0.4) is 0 Å². The van der Waals surface area contributed by atoms with E-state index in [9.17, 15) is 9.59 Å². The van der Waals surface area contributed by atoms with E-state index in [-0.39, 0.29) is 23.7 Å². The lowest BCUT2D eigenvalue weighted by molar-refractivity contribution is -0.140. The molecule has 6 heteroatoms. The van der Waals surface area contributed by atoms with Gasteiger partial charge in [-0.25, -0.2) is 4.98 Å². The summed E-state index contributed by atoms with van der Waals surface area (Å²) in [4.78, 5) is 36.7. The highest BCUT2D eigenvalue weighted by molar-refractivity contribution is 6.05. The molecular weight excluding hydrogens is 364 g/mol. The number of carbonyl (C=O) groups is 2. The van der Waals surface area contributed by atoms with Gasteiger partial charge < -0.3 is 4.90 Å². The number of likely N-dealkylation sites (tertiary alicyclic amines) is 1. The van der Waals surface area contributed by atoms with Gasteiger partial charge in [0.1, 0.15) is 5.82 Å². The second kappa shape index (κ2) is 8.05. The molecule has 6 nitrogen and oxygen atoms in total. The Morgan fingerprint density at radius 2 is 1.45 bits per heavy atom. The van der Waals surface area contributed by atoms with Gasteiger partial charge in [0.2, 0.25) is 11.8 Å². The average Bonchev–Trinajstić information content (AvgIpc) is 3.05. The molecule has 3 heterocycles. The molecule has 0 N–H and O–H groups in total. The molecule has 6 rings (SSSR count). The molecule has 2 unspecified atom stereocenters. The molecule has 1 aromatic heterocycles. The molecule has 156 valence electrons. The van der Waals surface area contributed by atoms with E-state index in [0.29, 0.717) is 18.4 Å². The Morgan fingerprint density at radius 3 is 2.03 bits per heavy atom. The average molecular weight is 397 g/mol. The first-order valence-corrected chi connectivity index (χ1v) is 11.5. The lowest BCUT2D eigenvalue weighted by Gasteiger charge is -2.42. The summed E-state index contributed by atoms with van der Waals surface area (Å²) in [7, 11) is 0. The molecule has 2 saturated heterocycles. The summed E-state index contributed by atoms with van der Waals surface area (Å²) in [6.07, 6.45) is 8.44. The molecular formula is C23H32N4O2. The number of hydrogen-bond donors (Lipinski definition) is 0. The molecule has 5 fully saturated rings. The van der Waals surface area contributed by atoms with E-state index in [0.717, 1.165) is 77.1 Å². The van der Waals surface area contributed by atoms with E-state index in [1.165, 1.54) is 0 Å². The number of pyridine rings is 1. The molecule has 2 aliphatic heterocycles. The maximum absolute atomic E-state index is 12.9. The second-order valence-electron chi connectivity index (χ2n) is 9.28. The Hall–Kier alpha value is -1.95. The fraction of sp³-hybridized carbons (Fsp3) is 0.696. The number of hydrogen-bond acceptors (Lipinski definition) is 5. The number of unbranched alkanes of at least 4 members (excludes halogenated alkanes) is 1. The molecule has 0 spiro atoms. The number of anilines is 1. The van der Waals surface area contributed by atoms with Crippen LogP contribution < -0.4 is 4.90 Å². The van der Waals surface area contributed by atoms with Crippen molar-refractivity contribution >= 4 is 17.6 Å². The van der Waals surface area contributed by atoms with Crippen LogP contribution in [0.15, 0.2) is 24.4 Å². The van der Waals surface area contributed by atoms with Crippen LogP contribution in [0.4, 0.5) is 5.82 Å². The minimum atomic E-state index is 0.0228. The van der Waals surface area contributed by atoms with E-state index >= 15 is 0 Å². The molecule has 0 aromatic carbocycles. The highest BCUT2D eigenvalue weighted by atomic mass is 16.2. The van der Waals surface area contributed by atoms with E-state index in [1.807, 2.05) is 18.3 Å². The van der Waals surface area contributed by atoms with Crippen LogP contribution in [-0.4, -0.2) is 65.9 Å². The zero-order valence-electron chi connectivity index (χ0n) is 17.2. The van der Waals surface area contributed by atoms with E-state index < -0.39 is 0 Å². The van der Waals surface area contributed by atoms with Crippen LogP contribution in [0, 0.1) is 23.7 Å². The number of aromatic nitrogens is 1. The van der Waals surface area contributed by atoms with Gasteiger partial charge in [-0.1, -0.05) is 6.07 Å². The highest BCUT2D eigenvalue weighted by Crippen LogP contribution is 2.52. The van der Waals surface area contributed by atoms with Crippen molar-refractivity contribution in [3.05, 3.63) is 24.4 Å². The fourth-order valence-electron chi connectivity index (χ4n) is 6.20. The predicted molar refractivity (Wildman–Crippen MR) is 111 cm³/mol. The van der Waals surface area contributed by atoms with Gasteiger partial charge in [-0.3, -0.25) is 19.4 Å². The summed E-state index contributed by atoms with van der Waals surface area (Å²) in [5.41, 5.74) is 0. The summed E-state index contributed by atoms with van der Waals surface area (Å²) in [6.45, 7) is 5.78. The smallest absolute Gasteiger partial charge is 0.233 e. The molecule has 29 heavy (non-hydrogen) atoms. The Balaban J connectivity index is 1.06. The van der Waals surface area contributed by atoms with Crippen molar-refractivity contribution in [1.82, 2.24) is 14.8 Å². The molecule has 5 aliphatic rings. The quantitative estimate of drug-likeness (QED) is 0.546. The Kier molecular flexibility index (Phi) is 5.29. The number of nitrogens with zero attached hydrogens (tertiary/aromatic N) is 4. The third-order valence-corrected chi connectivity index (χ3v) is 7.77. The Morgan fingerprint density at radius 1 is 0.828 bits per heavy atom. The topological polar surface area (TPSA) is 56.8 Å². The van der Waals surface area contributed by atoms with Gasteiger partial charge in [-0.05, 0) is 69.0 Å². The molecule has 3 saturated carbocycles. The monoisotopic (exact) mass is 396 g/mol. The number of piperazine rings is 1.